The third-order valence-electron chi connectivity index (χ3n) is 3.75. The minimum atomic E-state index is -3.39. The van der Waals surface area contributed by atoms with E-state index in [0.717, 1.165) is 12.2 Å². The highest BCUT2D eigenvalue weighted by Crippen LogP contribution is 2.20. The molecule has 0 saturated carbocycles. The average molecular weight is 338 g/mol. The molecule has 6 nitrogen and oxygen atoms in total. The van der Waals surface area contributed by atoms with E-state index in [-0.39, 0.29) is 18.3 Å². The Labute approximate surface area is 131 Å². The second-order valence-corrected chi connectivity index (χ2v) is 8.33. The fourth-order valence-corrected chi connectivity index (χ4v) is 3.73. The average Bonchev–Trinajstić information content (AvgIpc) is 2.91. The lowest BCUT2D eigenvalue weighted by Gasteiger charge is -2.24. The molecule has 1 aliphatic heterocycles. The van der Waals surface area contributed by atoms with Crippen molar-refractivity contribution >= 4 is 27.7 Å². The van der Waals surface area contributed by atoms with Crippen molar-refractivity contribution in [3.63, 3.8) is 0 Å². The number of sulfonamides is 1. The van der Waals surface area contributed by atoms with Crippen molar-refractivity contribution in [1.82, 2.24) is 9.62 Å². The zero-order valence-electron chi connectivity index (χ0n) is 12.7. The second kappa shape index (κ2) is 8.97. The largest absolute Gasteiger partial charge is 0.396 e. The summed E-state index contributed by atoms with van der Waals surface area (Å²) in [5.74, 6) is 0.893. The van der Waals surface area contributed by atoms with Gasteiger partial charge < -0.3 is 10.0 Å². The summed E-state index contributed by atoms with van der Waals surface area (Å²) in [5.41, 5.74) is 0. The summed E-state index contributed by atoms with van der Waals surface area (Å²) >= 11 is 1.59. The maximum atomic E-state index is 12.5. The number of nitrogens with zero attached hydrogens (tertiary/aromatic N) is 1. The van der Waals surface area contributed by atoms with Crippen LogP contribution >= 0.6 is 11.8 Å². The van der Waals surface area contributed by atoms with Crippen LogP contribution in [0.25, 0.3) is 0 Å². The molecule has 2 atom stereocenters. The van der Waals surface area contributed by atoms with Gasteiger partial charge in [-0.2, -0.15) is 11.8 Å². The van der Waals surface area contributed by atoms with E-state index in [2.05, 4.69) is 4.72 Å². The number of rotatable bonds is 9. The maximum Gasteiger partial charge on any atom is 0.240 e. The van der Waals surface area contributed by atoms with Crippen molar-refractivity contribution in [3.05, 3.63) is 0 Å². The van der Waals surface area contributed by atoms with Crippen LogP contribution in [-0.2, 0) is 14.8 Å². The summed E-state index contributed by atoms with van der Waals surface area (Å²) in [6, 6.07) is -0.671. The predicted molar refractivity (Wildman–Crippen MR) is 85.8 cm³/mol. The first-order valence-corrected chi connectivity index (χ1v) is 10.4. The van der Waals surface area contributed by atoms with Gasteiger partial charge in [0.25, 0.3) is 0 Å². The molecule has 0 aliphatic carbocycles. The molecule has 1 rings (SSSR count). The molecule has 21 heavy (non-hydrogen) atoms. The Morgan fingerprint density at radius 3 is 2.81 bits per heavy atom. The lowest BCUT2D eigenvalue weighted by atomic mass is 10.1. The van der Waals surface area contributed by atoms with Gasteiger partial charge in [-0.05, 0) is 44.1 Å². The van der Waals surface area contributed by atoms with E-state index >= 15 is 0 Å². The highest BCUT2D eigenvalue weighted by atomic mass is 32.2. The van der Waals surface area contributed by atoms with E-state index in [1.807, 2.05) is 6.26 Å². The third kappa shape index (κ3) is 6.14. The molecule has 0 aromatic rings. The van der Waals surface area contributed by atoms with Gasteiger partial charge in [0.1, 0.15) is 6.04 Å². The molecule has 1 fully saturated rings. The van der Waals surface area contributed by atoms with Crippen LogP contribution in [-0.4, -0.2) is 67.8 Å². The van der Waals surface area contributed by atoms with Crippen molar-refractivity contribution < 1.29 is 18.3 Å². The second-order valence-electron chi connectivity index (χ2n) is 5.31. The minimum absolute atomic E-state index is 0.0246. The maximum absolute atomic E-state index is 12.5. The van der Waals surface area contributed by atoms with Crippen LogP contribution in [0.2, 0.25) is 0 Å². The Bertz CT molecular complexity index is 428. The molecule has 0 spiro atoms. The predicted octanol–water partition coefficient (Wildman–Crippen LogP) is 0.278. The fraction of sp³-hybridized carbons (Fsp3) is 0.923. The van der Waals surface area contributed by atoms with Gasteiger partial charge in [-0.25, -0.2) is 13.1 Å². The van der Waals surface area contributed by atoms with Crippen molar-refractivity contribution in [2.24, 2.45) is 5.92 Å². The van der Waals surface area contributed by atoms with Crippen LogP contribution in [0.5, 0.6) is 0 Å². The molecule has 0 aromatic heterocycles. The van der Waals surface area contributed by atoms with Crippen LogP contribution in [0, 0.1) is 5.92 Å². The number of hydrogen-bond donors (Lipinski definition) is 2. The highest BCUT2D eigenvalue weighted by molar-refractivity contribution is 7.98. The third-order valence-corrected chi connectivity index (χ3v) is 5.79. The standard InChI is InChI=1S/C13H26N2O4S2/c1-3-21(18,19)14-12(6-9-20-2)13(17)15-7-4-11(10-15)5-8-16/h11-12,14,16H,3-10H2,1-2H3. The number of hydrogen-bond acceptors (Lipinski definition) is 5. The zero-order valence-corrected chi connectivity index (χ0v) is 14.4. The van der Waals surface area contributed by atoms with Gasteiger partial charge >= 0.3 is 0 Å². The van der Waals surface area contributed by atoms with Crippen LogP contribution in [0.1, 0.15) is 26.2 Å². The Morgan fingerprint density at radius 2 is 2.24 bits per heavy atom. The van der Waals surface area contributed by atoms with Crippen molar-refractivity contribution in [1.29, 1.82) is 0 Å². The van der Waals surface area contributed by atoms with Crippen LogP contribution in [0.3, 0.4) is 0 Å². The van der Waals surface area contributed by atoms with E-state index in [9.17, 15) is 13.2 Å². The summed E-state index contributed by atoms with van der Waals surface area (Å²) in [5, 5.41) is 8.96. The molecule has 1 saturated heterocycles. The van der Waals surface area contributed by atoms with Gasteiger partial charge in [0.05, 0.1) is 5.75 Å². The van der Waals surface area contributed by atoms with E-state index in [0.29, 0.717) is 31.8 Å². The number of nitrogens with one attached hydrogen (secondary N) is 1. The molecule has 1 heterocycles. The number of carbonyl (C=O) groups excluding carboxylic acids is 1. The van der Waals surface area contributed by atoms with E-state index in [1.165, 1.54) is 0 Å². The Morgan fingerprint density at radius 1 is 1.52 bits per heavy atom. The summed E-state index contributed by atoms with van der Waals surface area (Å²) < 4.78 is 26.0. The van der Waals surface area contributed by atoms with Gasteiger partial charge in [-0.3, -0.25) is 4.79 Å². The lowest BCUT2D eigenvalue weighted by molar-refractivity contribution is -0.132. The van der Waals surface area contributed by atoms with Gasteiger partial charge in [0.2, 0.25) is 15.9 Å². The van der Waals surface area contributed by atoms with Crippen LogP contribution in [0.4, 0.5) is 0 Å². The number of amides is 1. The molecule has 2 N–H and O–H groups in total. The fourth-order valence-electron chi connectivity index (χ4n) is 2.44. The Balaban J connectivity index is 2.67. The van der Waals surface area contributed by atoms with Crippen molar-refractivity contribution in [2.75, 3.05) is 37.5 Å². The van der Waals surface area contributed by atoms with E-state index in [4.69, 9.17) is 5.11 Å². The summed E-state index contributed by atoms with van der Waals surface area (Å²) in [6.45, 7) is 2.95. The summed E-state index contributed by atoms with van der Waals surface area (Å²) in [7, 11) is -3.39. The first-order chi connectivity index (χ1) is 9.93. The molecule has 0 radical (unpaired) electrons. The number of carbonyl (C=O) groups is 1. The number of thioether (sulfide) groups is 1. The van der Waals surface area contributed by atoms with Gasteiger partial charge in [0.15, 0.2) is 0 Å². The molecule has 8 heteroatoms. The van der Waals surface area contributed by atoms with Crippen LogP contribution in [0.15, 0.2) is 0 Å². The normalized spacial score (nSPS) is 20.7. The molecule has 1 amide bonds. The summed E-state index contributed by atoms with van der Waals surface area (Å²) in [4.78, 5) is 14.2. The van der Waals surface area contributed by atoms with Crippen LogP contribution < -0.4 is 4.72 Å². The number of aliphatic hydroxyl groups excluding tert-OH is 1. The van der Waals surface area contributed by atoms with Crippen molar-refractivity contribution in [3.8, 4) is 0 Å². The van der Waals surface area contributed by atoms with Gasteiger partial charge in [0, 0.05) is 19.7 Å². The first-order valence-electron chi connectivity index (χ1n) is 7.32. The van der Waals surface area contributed by atoms with E-state index < -0.39 is 16.1 Å². The lowest BCUT2D eigenvalue weighted by Crippen LogP contribution is -2.48. The molecule has 0 bridgehead atoms. The summed E-state index contributed by atoms with van der Waals surface area (Å²) in [6.07, 6.45) is 4.01. The quantitative estimate of drug-likeness (QED) is 0.630. The Hall–Kier alpha value is -0.310. The number of likely N-dealkylation sites (tertiary alicyclic amines) is 1. The van der Waals surface area contributed by atoms with Crippen molar-refractivity contribution in [2.45, 2.75) is 32.2 Å². The monoisotopic (exact) mass is 338 g/mol. The topological polar surface area (TPSA) is 86.7 Å². The van der Waals surface area contributed by atoms with Gasteiger partial charge in [-0.1, -0.05) is 0 Å². The van der Waals surface area contributed by atoms with E-state index in [1.54, 1.807) is 23.6 Å². The zero-order chi connectivity index (χ0) is 15.9. The smallest absolute Gasteiger partial charge is 0.240 e. The molecule has 124 valence electrons. The minimum Gasteiger partial charge on any atom is -0.396 e. The highest BCUT2D eigenvalue weighted by Gasteiger charge is 2.32. The Kier molecular flexibility index (Phi) is 8.00. The molecular formula is C13H26N2O4S2. The molecule has 2 unspecified atom stereocenters. The molecular weight excluding hydrogens is 312 g/mol. The molecule has 1 aliphatic rings. The SMILES string of the molecule is CCS(=O)(=O)NC(CCSC)C(=O)N1CCC(CCO)C1. The number of aliphatic hydroxyl groups is 1. The first kappa shape index (κ1) is 18.7. The molecule has 0 aromatic carbocycles. The van der Waals surface area contributed by atoms with Gasteiger partial charge in [-0.15, -0.1) is 0 Å².